The predicted octanol–water partition coefficient (Wildman–Crippen LogP) is 15.0. The smallest absolute Gasteiger partial charge is 0.306 e. The maximum absolute atomic E-state index is 17.6. The topological polar surface area (TPSA) is 180 Å². The van der Waals surface area contributed by atoms with E-state index in [4.69, 9.17) is 18.9 Å². The number of aliphatic hydroxyl groups excluding tert-OH is 1. The van der Waals surface area contributed by atoms with Crippen molar-refractivity contribution >= 4 is 35.4 Å². The van der Waals surface area contributed by atoms with E-state index in [0.717, 1.165) is 83.5 Å². The highest BCUT2D eigenvalue weighted by atomic mass is 19.1. The van der Waals surface area contributed by atoms with Crippen LogP contribution in [0.4, 0.5) is 4.39 Å². The molecule has 0 radical (unpaired) electrons. The molecule has 9 atom stereocenters. The zero-order valence-corrected chi connectivity index (χ0v) is 50.5. The summed E-state index contributed by atoms with van der Waals surface area (Å²) in [5.41, 5.74) is -6.01. The first kappa shape index (κ1) is 69.0. The Bertz CT molecular complexity index is 2140. The molecule has 0 heterocycles. The molecule has 2 N–H and O–H groups in total. The molecule has 12 nitrogen and oxygen atoms in total. The van der Waals surface area contributed by atoms with Gasteiger partial charge in [0, 0.05) is 42.4 Å². The van der Waals surface area contributed by atoms with Crippen LogP contribution in [0.25, 0.3) is 0 Å². The van der Waals surface area contributed by atoms with Crippen LogP contribution in [0.1, 0.15) is 247 Å². The molecule has 3 saturated carbocycles. The fraction of sp³-hybridized carbons (Fsp3) is 0.735. The Morgan fingerprint density at radius 3 is 1.65 bits per heavy atom. The van der Waals surface area contributed by atoms with Gasteiger partial charge >= 0.3 is 23.9 Å². The molecule has 4 aliphatic rings. The molecule has 1 unspecified atom stereocenters. The van der Waals surface area contributed by atoms with Crippen molar-refractivity contribution in [2.24, 2.45) is 28.6 Å². The first-order valence-corrected chi connectivity index (χ1v) is 31.8. The first-order chi connectivity index (χ1) is 39.0. The highest BCUT2D eigenvalue weighted by molar-refractivity contribution is 6.01. The van der Waals surface area contributed by atoms with Crippen molar-refractivity contribution in [3.63, 3.8) is 0 Å². The monoisotopic (exact) mass is 1130 g/mol. The van der Waals surface area contributed by atoms with E-state index in [1.165, 1.54) is 63.5 Å². The highest BCUT2D eigenvalue weighted by Crippen LogP contribution is 2.70. The van der Waals surface area contributed by atoms with Gasteiger partial charge in [0.15, 0.2) is 18.1 Å². The van der Waals surface area contributed by atoms with E-state index < -0.39 is 82.8 Å². The van der Waals surface area contributed by atoms with Crippen molar-refractivity contribution in [3.05, 3.63) is 72.4 Å². The minimum absolute atomic E-state index is 0.0130. The lowest BCUT2D eigenvalue weighted by Crippen LogP contribution is -2.69. The summed E-state index contributed by atoms with van der Waals surface area (Å²) >= 11 is 0. The van der Waals surface area contributed by atoms with Crippen LogP contribution < -0.4 is 0 Å². The average Bonchev–Trinajstić information content (AvgIpc) is 3.44. The first-order valence-electron chi connectivity index (χ1n) is 31.8. The van der Waals surface area contributed by atoms with E-state index in [2.05, 4.69) is 62.5 Å². The lowest BCUT2D eigenvalue weighted by molar-refractivity contribution is -0.220. The van der Waals surface area contributed by atoms with Crippen LogP contribution in [-0.4, -0.2) is 89.0 Å². The number of aliphatic hydroxyl groups is 2. The summed E-state index contributed by atoms with van der Waals surface area (Å²) in [6.45, 7) is 8.78. The lowest BCUT2D eigenvalue weighted by atomic mass is 9.44. The molecule has 4 rings (SSSR count). The van der Waals surface area contributed by atoms with E-state index in [0.29, 0.717) is 37.7 Å². The Morgan fingerprint density at radius 2 is 1.11 bits per heavy atom. The number of unbranched alkanes of at least 4 members (excludes halogenated alkanes) is 17. The van der Waals surface area contributed by atoms with Gasteiger partial charge in [0.1, 0.15) is 11.7 Å². The summed E-state index contributed by atoms with van der Waals surface area (Å²) in [4.78, 5) is 77.9. The van der Waals surface area contributed by atoms with Gasteiger partial charge in [-0.1, -0.05) is 159 Å². The SMILES string of the molecule is CCCCC/C=C\C/C=C\CCCCCCCC(=O)OCCC(CCOC(=O)CCCCCC/C=C\C/C=C\CCCCCCC)OC(=O)CCC(=O)OCC(=O)[C@@]1(O)[C@H](C)C[C@H]2[C@@H]3CCC4=CC(=O)C=C[C@]4(C)[C@@]3(F)[C@@H](O)C[C@@]21C. The average molecular weight is 1130 g/mol. The summed E-state index contributed by atoms with van der Waals surface area (Å²) < 4.78 is 39.8. The van der Waals surface area contributed by atoms with Gasteiger partial charge in [-0.3, -0.25) is 28.8 Å². The fourth-order valence-electron chi connectivity index (χ4n) is 13.3. The van der Waals surface area contributed by atoms with Crippen molar-refractivity contribution < 1.29 is 62.3 Å². The van der Waals surface area contributed by atoms with Crippen LogP contribution in [0.2, 0.25) is 0 Å². The predicted molar refractivity (Wildman–Crippen MR) is 317 cm³/mol. The van der Waals surface area contributed by atoms with Crippen molar-refractivity contribution in [2.45, 2.75) is 270 Å². The molecule has 0 saturated heterocycles. The van der Waals surface area contributed by atoms with Crippen LogP contribution in [-0.2, 0) is 47.7 Å². The Balaban J connectivity index is 1.19. The third-order valence-electron chi connectivity index (χ3n) is 18.2. The number of rotatable bonds is 42. The molecule has 0 aliphatic heterocycles. The molecular weight excluding hydrogens is 1030 g/mol. The largest absolute Gasteiger partial charge is 0.466 e. The number of halogens is 1. The van der Waals surface area contributed by atoms with Crippen LogP contribution in [0.3, 0.4) is 0 Å². The quantitative estimate of drug-likeness (QED) is 0.0256. The molecule has 3 fully saturated rings. The minimum atomic E-state index is -2.13. The summed E-state index contributed by atoms with van der Waals surface area (Å²) in [7, 11) is 0. The number of fused-ring (bicyclic) bond motifs is 5. The van der Waals surface area contributed by atoms with Crippen molar-refractivity contribution in [3.8, 4) is 0 Å². The van der Waals surface area contributed by atoms with Crippen molar-refractivity contribution in [1.29, 1.82) is 0 Å². The molecule has 81 heavy (non-hydrogen) atoms. The van der Waals surface area contributed by atoms with Gasteiger partial charge in [0.25, 0.3) is 0 Å². The van der Waals surface area contributed by atoms with Crippen LogP contribution in [0.15, 0.2) is 72.4 Å². The summed E-state index contributed by atoms with van der Waals surface area (Å²) in [6.07, 6.45) is 46.0. The number of hydrogen-bond acceptors (Lipinski definition) is 12. The molecule has 0 aromatic rings. The molecule has 456 valence electrons. The molecule has 0 amide bonds. The number of Topliss-reactive ketones (excluding diaryl/α,β-unsaturated/α-hetero) is 1. The van der Waals surface area contributed by atoms with Crippen LogP contribution in [0, 0.1) is 28.6 Å². The number of carbonyl (C=O) groups excluding carboxylic acids is 6. The Kier molecular flexibility index (Phi) is 31.5. The van der Waals surface area contributed by atoms with Gasteiger partial charge in [0.2, 0.25) is 5.78 Å². The van der Waals surface area contributed by atoms with Gasteiger partial charge in [-0.2, -0.15) is 0 Å². The molecule has 0 aromatic carbocycles. The third kappa shape index (κ3) is 21.3. The van der Waals surface area contributed by atoms with Crippen LogP contribution in [0.5, 0.6) is 0 Å². The second-order valence-electron chi connectivity index (χ2n) is 24.2. The zero-order valence-electron chi connectivity index (χ0n) is 50.5. The highest BCUT2D eigenvalue weighted by Gasteiger charge is 2.75. The Morgan fingerprint density at radius 1 is 0.642 bits per heavy atom. The van der Waals surface area contributed by atoms with Gasteiger partial charge in [0.05, 0.1) is 32.2 Å². The molecule has 13 heteroatoms. The Hall–Kier alpha value is -4.49. The maximum atomic E-state index is 17.6. The van der Waals surface area contributed by atoms with Gasteiger partial charge in [-0.05, 0) is 134 Å². The normalized spacial score (nSPS) is 26.4. The second-order valence-corrected chi connectivity index (χ2v) is 24.2. The summed E-state index contributed by atoms with van der Waals surface area (Å²) in [5, 5.41) is 24.0. The number of hydrogen-bond donors (Lipinski definition) is 2. The molecule has 0 spiro atoms. The molecule has 0 bridgehead atoms. The summed E-state index contributed by atoms with van der Waals surface area (Å²) in [6, 6.07) is 0. The number of allylic oxidation sites excluding steroid dienone is 12. The van der Waals surface area contributed by atoms with Crippen LogP contribution >= 0.6 is 0 Å². The maximum Gasteiger partial charge on any atom is 0.306 e. The number of carbonyl (C=O) groups is 6. The van der Waals surface area contributed by atoms with E-state index in [1.54, 1.807) is 26.8 Å². The van der Waals surface area contributed by atoms with E-state index in [1.807, 2.05) is 0 Å². The summed E-state index contributed by atoms with van der Waals surface area (Å²) in [5.74, 6) is -5.10. The zero-order chi connectivity index (χ0) is 59.0. The Labute approximate surface area is 486 Å². The number of alkyl halides is 1. The number of ether oxygens (including phenoxy) is 4. The third-order valence-corrected chi connectivity index (χ3v) is 18.2. The molecular formula is C68H105FO12. The molecule has 4 aliphatic carbocycles. The standard InChI is InChI=1S/C68H105FO12/c1-6-8-10-12-14-16-18-20-22-24-26-28-30-32-34-36-38-62(74)79-48-45-56(44-47-78-61(73)37-35-33-31-29-27-25-23-21-19-17-15-13-11-9-7-2)81-64(76)42-41-63(75)80-52-60(72)68(77)53(3)49-58-57-40-39-54-50-55(70)43-46-65(54,4)67(57,69)59(71)51-66(58,68)5/h15,17-18,20-21,23-24,26,43,46,50,53,56-59,71,77H,6-14,16,19,22,25,27-42,44-45,47-49,51-52H2,1-5H3/b17-15-,20-18-,23-21-,26-24-/t53-,56?,57+,58+,59+,65+,66+,67+,68+/m1/s1. The number of ketones is 2. The van der Waals surface area contributed by atoms with E-state index >= 15 is 4.39 Å². The van der Waals surface area contributed by atoms with E-state index in [9.17, 15) is 39.0 Å². The minimum Gasteiger partial charge on any atom is -0.466 e. The lowest BCUT2D eigenvalue weighted by Gasteiger charge is -2.62. The second kappa shape index (κ2) is 37.0. The van der Waals surface area contributed by atoms with Crippen molar-refractivity contribution in [2.75, 3.05) is 19.8 Å². The van der Waals surface area contributed by atoms with E-state index in [-0.39, 0.29) is 69.5 Å². The van der Waals surface area contributed by atoms with Gasteiger partial charge < -0.3 is 29.2 Å². The fourth-order valence-corrected chi connectivity index (χ4v) is 13.3. The van der Waals surface area contributed by atoms with Gasteiger partial charge in [-0.25, -0.2) is 4.39 Å². The van der Waals surface area contributed by atoms with Gasteiger partial charge in [-0.15, -0.1) is 0 Å². The number of esters is 4. The van der Waals surface area contributed by atoms with Crippen molar-refractivity contribution in [1.82, 2.24) is 0 Å². The molecule has 0 aromatic heterocycles.